The third kappa shape index (κ3) is 4.02. The summed E-state index contributed by atoms with van der Waals surface area (Å²) in [6.45, 7) is 2.20. The van der Waals surface area contributed by atoms with Gasteiger partial charge in [-0.15, -0.1) is 0 Å². The topological polar surface area (TPSA) is 26.3 Å². The molecule has 0 bridgehead atoms. The maximum absolute atomic E-state index is 12.3. The second kappa shape index (κ2) is 8.48. The Morgan fingerprint density at radius 2 is 1.21 bits per heavy atom. The lowest BCUT2D eigenvalue weighted by Crippen LogP contribution is -2.16. The molecule has 4 aromatic rings. The summed E-state index contributed by atoms with van der Waals surface area (Å²) in [5, 5.41) is 4.89. The van der Waals surface area contributed by atoms with Gasteiger partial charge >= 0.3 is 5.97 Å². The minimum Gasteiger partial charge on any atom is -0.469 e. The predicted molar refractivity (Wildman–Crippen MR) is 120 cm³/mol. The van der Waals surface area contributed by atoms with Gasteiger partial charge in [-0.25, -0.2) is 0 Å². The standard InChI is InChI=1S/C27H26O2/c1-3-25(23-14-12-19-8-4-6-10-21(19)16-23)26(18-27(28)29-2)24-15-13-20-9-5-7-11-22(20)17-24/h4-17,25-26H,3,18H2,1-2H3. The number of hydrogen-bond donors (Lipinski definition) is 0. The smallest absolute Gasteiger partial charge is 0.306 e. The molecule has 2 unspecified atom stereocenters. The van der Waals surface area contributed by atoms with E-state index in [1.165, 1.54) is 39.8 Å². The van der Waals surface area contributed by atoms with E-state index in [4.69, 9.17) is 4.74 Å². The third-order valence-corrected chi connectivity index (χ3v) is 5.94. The lowest BCUT2D eigenvalue weighted by molar-refractivity contribution is -0.141. The highest BCUT2D eigenvalue weighted by molar-refractivity contribution is 5.84. The average Bonchev–Trinajstić information content (AvgIpc) is 2.78. The number of rotatable bonds is 6. The maximum atomic E-state index is 12.3. The van der Waals surface area contributed by atoms with Crippen LogP contribution in [0.15, 0.2) is 84.9 Å². The Bertz CT molecular complexity index is 1150. The maximum Gasteiger partial charge on any atom is 0.306 e. The molecule has 0 aromatic heterocycles. The highest BCUT2D eigenvalue weighted by atomic mass is 16.5. The van der Waals surface area contributed by atoms with Crippen LogP contribution in [0.3, 0.4) is 0 Å². The fourth-order valence-corrected chi connectivity index (χ4v) is 4.38. The van der Waals surface area contributed by atoms with Gasteiger partial charge in [0.25, 0.3) is 0 Å². The lowest BCUT2D eigenvalue weighted by atomic mass is 9.77. The molecule has 0 spiro atoms. The largest absolute Gasteiger partial charge is 0.469 e. The van der Waals surface area contributed by atoms with Crippen LogP contribution in [0.5, 0.6) is 0 Å². The van der Waals surface area contributed by atoms with Crippen molar-refractivity contribution in [1.82, 2.24) is 0 Å². The minimum absolute atomic E-state index is 0.0678. The molecule has 4 rings (SSSR count). The molecule has 0 fully saturated rings. The normalized spacial score (nSPS) is 13.3. The van der Waals surface area contributed by atoms with Crippen molar-refractivity contribution in [3.63, 3.8) is 0 Å². The van der Waals surface area contributed by atoms with Crippen molar-refractivity contribution >= 4 is 27.5 Å². The molecule has 0 heterocycles. The number of hydrogen-bond acceptors (Lipinski definition) is 2. The number of esters is 1. The fraction of sp³-hybridized carbons (Fsp3) is 0.222. The number of ether oxygens (including phenoxy) is 1. The quantitative estimate of drug-likeness (QED) is 0.341. The molecule has 2 nitrogen and oxygen atoms in total. The molecule has 2 atom stereocenters. The zero-order valence-electron chi connectivity index (χ0n) is 17.0. The Kier molecular flexibility index (Phi) is 5.62. The Balaban J connectivity index is 1.79. The number of benzene rings is 4. The van der Waals surface area contributed by atoms with Crippen molar-refractivity contribution in [3.05, 3.63) is 96.1 Å². The van der Waals surface area contributed by atoms with Crippen LogP contribution in [-0.2, 0) is 9.53 Å². The van der Waals surface area contributed by atoms with E-state index in [1.54, 1.807) is 0 Å². The summed E-state index contributed by atoms with van der Waals surface area (Å²) in [4.78, 5) is 12.3. The predicted octanol–water partition coefficient (Wildman–Crippen LogP) is 6.83. The van der Waals surface area contributed by atoms with Crippen molar-refractivity contribution in [2.75, 3.05) is 7.11 Å². The van der Waals surface area contributed by atoms with E-state index in [0.717, 1.165) is 6.42 Å². The van der Waals surface area contributed by atoms with Crippen LogP contribution in [0.4, 0.5) is 0 Å². The van der Waals surface area contributed by atoms with Crippen LogP contribution >= 0.6 is 0 Å². The Morgan fingerprint density at radius 3 is 1.69 bits per heavy atom. The lowest BCUT2D eigenvalue weighted by Gasteiger charge is -2.27. The molecule has 0 aliphatic heterocycles. The highest BCUT2D eigenvalue weighted by Gasteiger charge is 2.27. The van der Waals surface area contributed by atoms with Crippen molar-refractivity contribution in [2.45, 2.75) is 31.6 Å². The van der Waals surface area contributed by atoms with Crippen molar-refractivity contribution in [2.24, 2.45) is 0 Å². The van der Waals surface area contributed by atoms with Gasteiger partial charge in [0.2, 0.25) is 0 Å². The van der Waals surface area contributed by atoms with E-state index in [2.05, 4.69) is 91.9 Å². The minimum atomic E-state index is -0.164. The van der Waals surface area contributed by atoms with Gasteiger partial charge in [-0.3, -0.25) is 4.79 Å². The van der Waals surface area contributed by atoms with Crippen LogP contribution < -0.4 is 0 Å². The molecule has 0 saturated carbocycles. The molecule has 0 aliphatic carbocycles. The van der Waals surface area contributed by atoms with Gasteiger partial charge in [0.1, 0.15) is 0 Å². The van der Waals surface area contributed by atoms with Crippen LogP contribution in [0.1, 0.15) is 42.7 Å². The molecule has 0 aliphatic rings. The summed E-state index contributed by atoms with van der Waals surface area (Å²) in [5.41, 5.74) is 2.46. The number of carbonyl (C=O) groups excluding carboxylic acids is 1. The highest BCUT2D eigenvalue weighted by Crippen LogP contribution is 2.40. The monoisotopic (exact) mass is 382 g/mol. The van der Waals surface area contributed by atoms with Gasteiger partial charge in [0.05, 0.1) is 13.5 Å². The summed E-state index contributed by atoms with van der Waals surface area (Å²) in [6.07, 6.45) is 1.33. The first-order chi connectivity index (χ1) is 14.2. The molecule has 2 heteroatoms. The summed E-state index contributed by atoms with van der Waals surface area (Å²) < 4.78 is 5.05. The van der Waals surface area contributed by atoms with E-state index in [-0.39, 0.29) is 17.8 Å². The summed E-state index contributed by atoms with van der Waals surface area (Å²) in [6, 6.07) is 30.0. The molecular weight excluding hydrogens is 356 g/mol. The van der Waals surface area contributed by atoms with Crippen molar-refractivity contribution in [3.8, 4) is 0 Å². The van der Waals surface area contributed by atoms with E-state index in [1.807, 2.05) is 0 Å². The van der Waals surface area contributed by atoms with Crippen LogP contribution in [0.25, 0.3) is 21.5 Å². The second-order valence-electron chi connectivity index (χ2n) is 7.61. The van der Waals surface area contributed by atoms with Gasteiger partial charge in [-0.05, 0) is 45.0 Å². The fourth-order valence-electron chi connectivity index (χ4n) is 4.38. The SMILES string of the molecule is CCC(c1ccc2ccccc2c1)C(CC(=O)OC)c1ccc2ccccc2c1. The Labute approximate surface area is 172 Å². The van der Waals surface area contributed by atoms with Gasteiger partial charge < -0.3 is 4.74 Å². The van der Waals surface area contributed by atoms with Crippen LogP contribution in [0.2, 0.25) is 0 Å². The summed E-state index contributed by atoms with van der Waals surface area (Å²) >= 11 is 0. The van der Waals surface area contributed by atoms with E-state index < -0.39 is 0 Å². The van der Waals surface area contributed by atoms with Gasteiger partial charge in [-0.1, -0.05) is 91.9 Å². The third-order valence-electron chi connectivity index (χ3n) is 5.94. The number of carbonyl (C=O) groups is 1. The summed E-state index contributed by atoms with van der Waals surface area (Å²) in [7, 11) is 1.47. The molecule has 29 heavy (non-hydrogen) atoms. The number of methoxy groups -OCH3 is 1. The first kappa shape index (κ1) is 19.2. The number of fused-ring (bicyclic) bond motifs is 2. The summed E-state index contributed by atoms with van der Waals surface area (Å²) in [5.74, 6) is 0.139. The Morgan fingerprint density at radius 1 is 0.724 bits per heavy atom. The van der Waals surface area contributed by atoms with Crippen LogP contribution in [-0.4, -0.2) is 13.1 Å². The van der Waals surface area contributed by atoms with Gasteiger partial charge in [0.15, 0.2) is 0 Å². The average molecular weight is 383 g/mol. The first-order valence-electron chi connectivity index (χ1n) is 10.2. The second-order valence-corrected chi connectivity index (χ2v) is 7.61. The van der Waals surface area contributed by atoms with Crippen molar-refractivity contribution < 1.29 is 9.53 Å². The zero-order valence-corrected chi connectivity index (χ0v) is 17.0. The molecule has 4 aromatic carbocycles. The van der Waals surface area contributed by atoms with E-state index >= 15 is 0 Å². The van der Waals surface area contributed by atoms with Gasteiger partial charge in [-0.2, -0.15) is 0 Å². The zero-order chi connectivity index (χ0) is 20.2. The molecule has 0 radical (unpaired) electrons. The molecule has 0 N–H and O–H groups in total. The van der Waals surface area contributed by atoms with Gasteiger partial charge in [0, 0.05) is 5.92 Å². The molecule has 0 amide bonds. The van der Waals surface area contributed by atoms with Crippen LogP contribution in [0, 0.1) is 0 Å². The van der Waals surface area contributed by atoms with E-state index in [9.17, 15) is 4.79 Å². The first-order valence-corrected chi connectivity index (χ1v) is 10.2. The Hall–Kier alpha value is -3.13. The molecule has 0 saturated heterocycles. The molecule has 146 valence electrons. The van der Waals surface area contributed by atoms with Crippen molar-refractivity contribution in [1.29, 1.82) is 0 Å². The molecular formula is C27H26O2. The van der Waals surface area contributed by atoms with E-state index in [0.29, 0.717) is 6.42 Å².